The molecule has 0 fully saturated rings. The molecule has 0 aliphatic heterocycles. The molecular weight excluding hydrogens is 313 g/mol. The van der Waals surface area contributed by atoms with E-state index in [2.05, 4.69) is 29.2 Å². The normalized spacial score (nSPS) is 10.4. The van der Waals surface area contributed by atoms with Crippen molar-refractivity contribution in [1.29, 1.82) is 0 Å². The Balaban J connectivity index is 2.09. The summed E-state index contributed by atoms with van der Waals surface area (Å²) in [6.45, 7) is 4.10. The number of phenols is 1. The lowest BCUT2D eigenvalue weighted by atomic mass is 10.1. The third-order valence-corrected chi connectivity index (χ3v) is 4.01. The van der Waals surface area contributed by atoms with Gasteiger partial charge < -0.3 is 19.7 Å². The van der Waals surface area contributed by atoms with E-state index >= 15 is 0 Å². The molecule has 3 aromatic rings. The Morgan fingerprint density at radius 2 is 1.24 bits per heavy atom. The van der Waals surface area contributed by atoms with Gasteiger partial charge in [-0.05, 0) is 50.2 Å². The summed E-state index contributed by atoms with van der Waals surface area (Å²) in [5.41, 5.74) is 5.15. The number of hydrogen-bond acceptors (Lipinski definition) is 4. The first-order chi connectivity index (χ1) is 12.1. The summed E-state index contributed by atoms with van der Waals surface area (Å²) in [4.78, 5) is 2.06. The van der Waals surface area contributed by atoms with Crippen LogP contribution in [-0.2, 0) is 0 Å². The molecule has 25 heavy (non-hydrogen) atoms. The third kappa shape index (κ3) is 3.78. The Bertz CT molecular complexity index is 802. The van der Waals surface area contributed by atoms with Crippen molar-refractivity contribution in [2.45, 2.75) is 13.8 Å². The van der Waals surface area contributed by atoms with Crippen molar-refractivity contribution in [1.82, 2.24) is 0 Å². The van der Waals surface area contributed by atoms with Crippen LogP contribution in [0.25, 0.3) is 0 Å². The van der Waals surface area contributed by atoms with Crippen molar-refractivity contribution in [2.24, 2.45) is 0 Å². The molecule has 0 spiro atoms. The molecule has 4 nitrogen and oxygen atoms in total. The highest BCUT2D eigenvalue weighted by molar-refractivity contribution is 6.17. The van der Waals surface area contributed by atoms with E-state index in [-0.39, 0.29) is 11.5 Å². The minimum Gasteiger partial charge on any atom is -0.536 e. The van der Waals surface area contributed by atoms with Crippen LogP contribution in [-0.4, -0.2) is 17.8 Å². The average molecular weight is 333 g/mol. The van der Waals surface area contributed by atoms with Crippen molar-refractivity contribution in [2.75, 3.05) is 4.90 Å². The van der Waals surface area contributed by atoms with Crippen LogP contribution in [0.15, 0.2) is 66.7 Å². The van der Waals surface area contributed by atoms with Crippen LogP contribution in [0.5, 0.6) is 11.5 Å². The molecule has 0 aliphatic rings. The molecule has 5 heteroatoms. The molecule has 0 atom stereocenters. The monoisotopic (exact) mass is 333 g/mol. The van der Waals surface area contributed by atoms with E-state index in [4.69, 9.17) is 9.68 Å². The minimum atomic E-state index is -0.480. The van der Waals surface area contributed by atoms with E-state index in [9.17, 15) is 5.11 Å². The van der Waals surface area contributed by atoms with Crippen LogP contribution in [0.3, 0.4) is 0 Å². The molecule has 3 rings (SSSR count). The molecule has 0 saturated heterocycles. The van der Waals surface area contributed by atoms with E-state index in [1.54, 1.807) is 12.1 Å². The Hall–Kier alpha value is -2.92. The van der Waals surface area contributed by atoms with Gasteiger partial charge in [-0.2, -0.15) is 0 Å². The minimum absolute atomic E-state index is 0.0178. The molecule has 3 aromatic carbocycles. The van der Waals surface area contributed by atoms with Crippen molar-refractivity contribution < 1.29 is 14.8 Å². The molecule has 0 amide bonds. The molecule has 0 aliphatic carbocycles. The van der Waals surface area contributed by atoms with Gasteiger partial charge >= 0.3 is 7.69 Å². The second-order valence-electron chi connectivity index (χ2n) is 5.93. The molecule has 126 valence electrons. The molecule has 0 unspecified atom stereocenters. The van der Waals surface area contributed by atoms with E-state index in [0.717, 1.165) is 17.1 Å². The number of hydrogen-bond donors (Lipinski definition) is 2. The summed E-state index contributed by atoms with van der Waals surface area (Å²) in [6.07, 6.45) is 0. The maximum atomic E-state index is 10.2. The van der Waals surface area contributed by atoms with E-state index < -0.39 is 7.69 Å². The number of nitrogens with zero attached hydrogens (tertiary/aromatic N) is 1. The van der Waals surface area contributed by atoms with Gasteiger partial charge in [-0.1, -0.05) is 35.4 Å². The van der Waals surface area contributed by atoms with E-state index in [1.165, 1.54) is 11.1 Å². The third-order valence-electron chi connectivity index (χ3n) is 4.01. The zero-order valence-corrected chi connectivity index (χ0v) is 14.3. The summed E-state index contributed by atoms with van der Waals surface area (Å²) in [7, 11) is -0.480. The first-order valence-corrected chi connectivity index (χ1v) is 8.08. The molecule has 0 heterocycles. The molecule has 0 radical (unpaired) electrons. The van der Waals surface area contributed by atoms with Gasteiger partial charge in [0.2, 0.25) is 0 Å². The fourth-order valence-corrected chi connectivity index (χ4v) is 2.67. The SMILES string of the molecule is Cc1ccc(N(c2ccc(C)cc2)c2ccc(OBO)c(O)c2)cc1. The Morgan fingerprint density at radius 3 is 1.68 bits per heavy atom. The number of benzene rings is 3. The highest BCUT2D eigenvalue weighted by Crippen LogP contribution is 2.38. The Morgan fingerprint density at radius 1 is 0.760 bits per heavy atom. The van der Waals surface area contributed by atoms with Crippen LogP contribution in [0.2, 0.25) is 0 Å². The summed E-state index contributed by atoms with van der Waals surface area (Å²) < 4.78 is 5.00. The number of anilines is 3. The molecular formula is C20H20BNO3. The summed E-state index contributed by atoms with van der Waals surface area (Å²) in [5.74, 6) is 0.231. The summed E-state index contributed by atoms with van der Waals surface area (Å²) >= 11 is 0. The lowest BCUT2D eigenvalue weighted by Crippen LogP contribution is -2.10. The smallest absolute Gasteiger partial charge is 0.504 e. The summed E-state index contributed by atoms with van der Waals surface area (Å²) in [6, 6.07) is 21.5. The quantitative estimate of drug-likeness (QED) is 0.690. The fraction of sp³-hybridized carbons (Fsp3) is 0.100. The van der Waals surface area contributed by atoms with Gasteiger partial charge in [0, 0.05) is 17.4 Å². The van der Waals surface area contributed by atoms with Gasteiger partial charge in [-0.3, -0.25) is 0 Å². The average Bonchev–Trinajstić information content (AvgIpc) is 2.61. The molecule has 2 N–H and O–H groups in total. The Labute approximate surface area is 148 Å². The van der Waals surface area contributed by atoms with Crippen molar-refractivity contribution in [3.63, 3.8) is 0 Å². The number of aryl methyl sites for hydroxylation is 2. The fourth-order valence-electron chi connectivity index (χ4n) is 2.67. The highest BCUT2D eigenvalue weighted by Gasteiger charge is 2.14. The van der Waals surface area contributed by atoms with Crippen LogP contribution >= 0.6 is 0 Å². The summed E-state index contributed by atoms with van der Waals surface area (Å²) in [5, 5.41) is 19.1. The lowest BCUT2D eigenvalue weighted by Gasteiger charge is -2.26. The number of aromatic hydroxyl groups is 1. The highest BCUT2D eigenvalue weighted by atomic mass is 16.5. The molecule has 0 aromatic heterocycles. The standard InChI is InChI=1S/C20H20BNO3/c1-14-3-7-16(8-4-14)22(17-9-5-15(2)6-10-17)18-11-12-20(25-21-24)19(23)13-18/h3-13,21,23-24H,1-2H3. The van der Waals surface area contributed by atoms with Crippen molar-refractivity contribution >= 4 is 24.7 Å². The van der Waals surface area contributed by atoms with Gasteiger partial charge in [-0.25, -0.2) is 0 Å². The van der Waals surface area contributed by atoms with Gasteiger partial charge in [-0.15, -0.1) is 0 Å². The number of rotatable bonds is 5. The van der Waals surface area contributed by atoms with Crippen LogP contribution in [0.1, 0.15) is 11.1 Å². The lowest BCUT2D eigenvalue weighted by molar-refractivity contribution is 0.410. The molecule has 0 saturated carbocycles. The van der Waals surface area contributed by atoms with Crippen molar-refractivity contribution in [3.05, 3.63) is 77.9 Å². The largest absolute Gasteiger partial charge is 0.536 e. The zero-order chi connectivity index (χ0) is 17.8. The van der Waals surface area contributed by atoms with E-state index in [0.29, 0.717) is 0 Å². The van der Waals surface area contributed by atoms with Crippen LogP contribution < -0.4 is 9.55 Å². The zero-order valence-electron chi connectivity index (χ0n) is 14.3. The van der Waals surface area contributed by atoms with Gasteiger partial charge in [0.25, 0.3) is 0 Å². The van der Waals surface area contributed by atoms with E-state index in [1.807, 2.05) is 44.2 Å². The first-order valence-electron chi connectivity index (χ1n) is 8.08. The maximum Gasteiger partial charge on any atom is 0.504 e. The topological polar surface area (TPSA) is 52.9 Å². The second kappa shape index (κ2) is 7.32. The predicted octanol–water partition coefficient (Wildman–Crippen LogP) is 4.12. The first kappa shape index (κ1) is 16.9. The van der Waals surface area contributed by atoms with Gasteiger partial charge in [0.05, 0.1) is 5.69 Å². The van der Waals surface area contributed by atoms with Gasteiger partial charge in [0.1, 0.15) is 5.75 Å². The van der Waals surface area contributed by atoms with Crippen LogP contribution in [0.4, 0.5) is 17.1 Å². The predicted molar refractivity (Wildman–Crippen MR) is 102 cm³/mol. The Kier molecular flexibility index (Phi) is 4.96. The molecule has 0 bridgehead atoms. The van der Waals surface area contributed by atoms with Gasteiger partial charge in [0.15, 0.2) is 5.75 Å². The van der Waals surface area contributed by atoms with Crippen molar-refractivity contribution in [3.8, 4) is 11.5 Å². The number of phenolic OH excluding ortho intramolecular Hbond substituents is 1. The second-order valence-corrected chi connectivity index (χ2v) is 5.93. The van der Waals surface area contributed by atoms with Crippen LogP contribution in [0, 0.1) is 13.8 Å². The maximum absolute atomic E-state index is 10.2.